The third kappa shape index (κ3) is 3.35. The minimum Gasteiger partial charge on any atom is -0.465 e. The molecule has 0 bridgehead atoms. The number of nitrogens with zero attached hydrogens (tertiary/aromatic N) is 1. The molecule has 4 N–H and O–H groups in total. The van der Waals surface area contributed by atoms with Gasteiger partial charge in [0.05, 0.1) is 23.6 Å². The molecule has 2 heterocycles. The van der Waals surface area contributed by atoms with Crippen molar-refractivity contribution in [1.82, 2.24) is 10.3 Å². The lowest BCUT2D eigenvalue weighted by Crippen LogP contribution is -2.46. The van der Waals surface area contributed by atoms with Gasteiger partial charge in [0.2, 0.25) is 0 Å². The fourth-order valence-electron chi connectivity index (χ4n) is 2.60. The van der Waals surface area contributed by atoms with E-state index in [0.717, 1.165) is 5.56 Å². The summed E-state index contributed by atoms with van der Waals surface area (Å²) < 4.78 is 6.01. The molecule has 1 aromatic heterocycles. The topological polar surface area (TPSA) is 97.5 Å². The lowest BCUT2D eigenvalue weighted by molar-refractivity contribution is -0.117. The van der Waals surface area contributed by atoms with Crippen LogP contribution in [0.15, 0.2) is 18.5 Å². The van der Waals surface area contributed by atoms with Crippen LogP contribution in [0, 0.1) is 0 Å². The van der Waals surface area contributed by atoms with Gasteiger partial charge in [0, 0.05) is 17.8 Å². The summed E-state index contributed by atoms with van der Waals surface area (Å²) in [4.78, 5) is 14.8. The average molecular weight is 265 g/mol. The number of carbonyl (C=O) groups is 1. The highest BCUT2D eigenvalue weighted by Crippen LogP contribution is 2.38. The van der Waals surface area contributed by atoms with Gasteiger partial charge in [0.1, 0.15) is 0 Å². The lowest BCUT2D eigenvalue weighted by atomic mass is 9.88. The average Bonchev–Trinajstić information content (AvgIpc) is 2.26. The van der Waals surface area contributed by atoms with E-state index >= 15 is 0 Å². The Morgan fingerprint density at radius 1 is 1.63 bits per heavy atom. The number of nitrogens with one attached hydrogen (secondary N) is 1. The molecule has 1 fully saturated rings. The molecule has 6 heteroatoms. The predicted molar refractivity (Wildman–Crippen MR) is 70.7 cm³/mol. The Kier molecular flexibility index (Phi) is 3.61. The maximum atomic E-state index is 10.8. The van der Waals surface area contributed by atoms with Crippen molar-refractivity contribution in [2.45, 2.75) is 44.4 Å². The van der Waals surface area contributed by atoms with Crippen LogP contribution < -0.4 is 11.1 Å². The van der Waals surface area contributed by atoms with E-state index in [-0.39, 0.29) is 12.1 Å². The van der Waals surface area contributed by atoms with E-state index in [0.29, 0.717) is 18.5 Å². The second-order valence-electron chi connectivity index (χ2n) is 5.46. The maximum Gasteiger partial charge on any atom is 0.404 e. The number of nitrogen functional groups attached to an aromatic ring is 1. The highest BCUT2D eigenvalue weighted by Gasteiger charge is 2.36. The third-order valence-corrected chi connectivity index (χ3v) is 3.26. The molecule has 1 amide bonds. The molecule has 19 heavy (non-hydrogen) atoms. The summed E-state index contributed by atoms with van der Waals surface area (Å²) in [6, 6.07) is 1.68. The number of anilines is 1. The van der Waals surface area contributed by atoms with Gasteiger partial charge < -0.3 is 20.9 Å². The van der Waals surface area contributed by atoms with E-state index in [9.17, 15) is 4.79 Å². The number of ether oxygens (including phenoxy) is 1. The largest absolute Gasteiger partial charge is 0.465 e. The number of rotatable bonds is 2. The molecule has 1 aliphatic heterocycles. The zero-order valence-corrected chi connectivity index (χ0v) is 11.1. The molecule has 0 radical (unpaired) electrons. The van der Waals surface area contributed by atoms with E-state index in [1.165, 1.54) is 0 Å². The van der Waals surface area contributed by atoms with Crippen LogP contribution in [0.25, 0.3) is 0 Å². The van der Waals surface area contributed by atoms with E-state index < -0.39 is 11.7 Å². The zero-order valence-electron chi connectivity index (χ0n) is 11.1. The van der Waals surface area contributed by atoms with Crippen molar-refractivity contribution >= 4 is 11.8 Å². The first-order valence-corrected chi connectivity index (χ1v) is 6.24. The van der Waals surface area contributed by atoms with Gasteiger partial charge in [-0.1, -0.05) is 0 Å². The Labute approximate surface area is 112 Å². The number of hydrogen-bond acceptors (Lipinski definition) is 4. The number of pyridine rings is 1. The first-order chi connectivity index (χ1) is 8.87. The molecule has 104 valence electrons. The molecule has 0 aromatic carbocycles. The van der Waals surface area contributed by atoms with E-state index in [2.05, 4.69) is 10.3 Å². The number of carboxylic acid groups (broad SMARTS) is 1. The van der Waals surface area contributed by atoms with Gasteiger partial charge in [-0.2, -0.15) is 0 Å². The van der Waals surface area contributed by atoms with Crippen LogP contribution in [0.2, 0.25) is 0 Å². The molecule has 2 rings (SSSR count). The second kappa shape index (κ2) is 5.05. The summed E-state index contributed by atoms with van der Waals surface area (Å²) in [5.41, 5.74) is 6.94. The van der Waals surface area contributed by atoms with Crippen molar-refractivity contribution in [1.29, 1.82) is 0 Å². The van der Waals surface area contributed by atoms with Crippen molar-refractivity contribution in [3.63, 3.8) is 0 Å². The van der Waals surface area contributed by atoms with Crippen molar-refractivity contribution < 1.29 is 14.6 Å². The fourth-order valence-corrected chi connectivity index (χ4v) is 2.60. The number of aromatic nitrogens is 1. The minimum absolute atomic E-state index is 0.140. The molecular weight excluding hydrogens is 246 g/mol. The van der Waals surface area contributed by atoms with Crippen LogP contribution in [-0.2, 0) is 4.74 Å². The summed E-state index contributed by atoms with van der Waals surface area (Å²) in [5.74, 6) is 0. The monoisotopic (exact) mass is 265 g/mol. The van der Waals surface area contributed by atoms with Crippen LogP contribution in [0.4, 0.5) is 10.5 Å². The quantitative estimate of drug-likeness (QED) is 0.759. The predicted octanol–water partition coefficient (Wildman–Crippen LogP) is 1.93. The zero-order chi connectivity index (χ0) is 14.0. The first kappa shape index (κ1) is 13.6. The van der Waals surface area contributed by atoms with Crippen LogP contribution in [0.3, 0.4) is 0 Å². The molecular formula is C13H19N3O3. The molecule has 1 saturated heterocycles. The van der Waals surface area contributed by atoms with Gasteiger partial charge in [-0.05, 0) is 32.8 Å². The summed E-state index contributed by atoms with van der Waals surface area (Å²) in [5, 5.41) is 11.4. The molecule has 6 nitrogen and oxygen atoms in total. The van der Waals surface area contributed by atoms with Crippen molar-refractivity contribution in [3.8, 4) is 0 Å². The van der Waals surface area contributed by atoms with Crippen LogP contribution >= 0.6 is 0 Å². The molecule has 2 atom stereocenters. The van der Waals surface area contributed by atoms with Crippen molar-refractivity contribution in [2.24, 2.45) is 0 Å². The van der Waals surface area contributed by atoms with Gasteiger partial charge in [0.15, 0.2) is 0 Å². The molecule has 0 saturated carbocycles. The SMILES string of the molecule is CC1(C)C[C@H](NC(=O)O)C[C@@H](c2ccncc2N)O1. The summed E-state index contributed by atoms with van der Waals surface area (Å²) in [6.07, 6.45) is 3.23. The fraction of sp³-hybridized carbons (Fsp3) is 0.538. The molecule has 1 aliphatic rings. The van der Waals surface area contributed by atoms with E-state index in [1.807, 2.05) is 19.9 Å². The number of hydrogen-bond donors (Lipinski definition) is 3. The van der Waals surface area contributed by atoms with Crippen LogP contribution in [0.1, 0.15) is 38.4 Å². The van der Waals surface area contributed by atoms with Gasteiger partial charge in [-0.25, -0.2) is 4.79 Å². The summed E-state index contributed by atoms with van der Waals surface area (Å²) in [7, 11) is 0. The van der Waals surface area contributed by atoms with E-state index in [1.54, 1.807) is 12.4 Å². The second-order valence-corrected chi connectivity index (χ2v) is 5.46. The lowest BCUT2D eigenvalue weighted by Gasteiger charge is -2.40. The molecule has 0 unspecified atom stereocenters. The highest BCUT2D eigenvalue weighted by atomic mass is 16.5. The number of amides is 1. The minimum atomic E-state index is -1.01. The van der Waals surface area contributed by atoms with Crippen molar-refractivity contribution in [3.05, 3.63) is 24.0 Å². The first-order valence-electron chi connectivity index (χ1n) is 6.24. The van der Waals surface area contributed by atoms with E-state index in [4.69, 9.17) is 15.6 Å². The standard InChI is InChI=1S/C13H19N3O3/c1-13(2)6-8(16-12(17)18)5-11(19-13)9-3-4-15-7-10(9)14/h3-4,7-8,11,16H,5-6,14H2,1-2H3,(H,17,18)/t8-,11+/m1/s1. The van der Waals surface area contributed by atoms with Gasteiger partial charge in [-0.15, -0.1) is 0 Å². The molecule has 0 spiro atoms. The van der Waals surface area contributed by atoms with Gasteiger partial charge in [-0.3, -0.25) is 4.98 Å². The Morgan fingerprint density at radius 2 is 2.37 bits per heavy atom. The molecule has 1 aromatic rings. The van der Waals surface area contributed by atoms with Crippen LogP contribution in [0.5, 0.6) is 0 Å². The highest BCUT2D eigenvalue weighted by molar-refractivity contribution is 5.64. The Bertz CT molecular complexity index is 476. The molecule has 0 aliphatic carbocycles. The smallest absolute Gasteiger partial charge is 0.404 e. The van der Waals surface area contributed by atoms with Crippen molar-refractivity contribution in [2.75, 3.05) is 5.73 Å². The number of nitrogens with two attached hydrogens (primary N) is 1. The Morgan fingerprint density at radius 3 is 3.00 bits per heavy atom. The van der Waals surface area contributed by atoms with Crippen LogP contribution in [-0.4, -0.2) is 27.8 Å². The third-order valence-electron chi connectivity index (χ3n) is 3.26. The Balaban J connectivity index is 2.21. The normalized spacial score (nSPS) is 25.8. The van der Waals surface area contributed by atoms with Gasteiger partial charge in [0.25, 0.3) is 0 Å². The maximum absolute atomic E-state index is 10.8. The summed E-state index contributed by atoms with van der Waals surface area (Å²) >= 11 is 0. The van der Waals surface area contributed by atoms with Gasteiger partial charge >= 0.3 is 6.09 Å². The summed E-state index contributed by atoms with van der Waals surface area (Å²) in [6.45, 7) is 3.90. The Hall–Kier alpha value is -1.82.